The second-order valence-corrected chi connectivity index (χ2v) is 4.49. The minimum atomic E-state index is -2.46. The van der Waals surface area contributed by atoms with E-state index in [-0.39, 0.29) is 26.3 Å². The summed E-state index contributed by atoms with van der Waals surface area (Å²) in [4.78, 5) is 12.6. The molecule has 17 heavy (non-hydrogen) atoms. The topological polar surface area (TPSA) is 49.8 Å². The molecule has 0 spiro atoms. The van der Waals surface area contributed by atoms with Gasteiger partial charge in [-0.3, -0.25) is 4.90 Å². The van der Waals surface area contributed by atoms with Crippen LogP contribution in [0.1, 0.15) is 12.8 Å². The van der Waals surface area contributed by atoms with Crippen molar-refractivity contribution in [1.29, 1.82) is 0 Å². The van der Waals surface area contributed by atoms with E-state index < -0.39 is 18.4 Å². The van der Waals surface area contributed by atoms with Crippen molar-refractivity contribution < 1.29 is 23.4 Å². The van der Waals surface area contributed by atoms with Gasteiger partial charge in [0, 0.05) is 19.7 Å². The number of rotatable bonds is 7. The van der Waals surface area contributed by atoms with Gasteiger partial charge >= 0.3 is 0 Å². The van der Waals surface area contributed by atoms with E-state index in [0.717, 1.165) is 12.7 Å². The van der Waals surface area contributed by atoms with Gasteiger partial charge in [0.05, 0.1) is 25.2 Å². The first-order valence-electron chi connectivity index (χ1n) is 5.77. The van der Waals surface area contributed by atoms with Crippen molar-refractivity contribution in [2.45, 2.75) is 19.3 Å². The third-order valence-corrected chi connectivity index (χ3v) is 2.95. The number of alkyl halides is 2. The summed E-state index contributed by atoms with van der Waals surface area (Å²) in [5, 5.41) is 8.83. The molecule has 0 amide bonds. The fourth-order valence-electron chi connectivity index (χ4n) is 2.15. The van der Waals surface area contributed by atoms with Crippen LogP contribution in [-0.2, 0) is 9.53 Å². The number of aliphatic hydroxyl groups excluding tert-OH is 1. The van der Waals surface area contributed by atoms with Gasteiger partial charge in [0.15, 0.2) is 0 Å². The number of carbonyl (C=O) groups is 1. The third-order valence-electron chi connectivity index (χ3n) is 2.95. The molecular formula is C11H19F2NO3. The zero-order valence-corrected chi connectivity index (χ0v) is 9.78. The predicted molar refractivity (Wildman–Crippen MR) is 58.1 cm³/mol. The lowest BCUT2D eigenvalue weighted by Gasteiger charge is -2.36. The number of carbonyl (C=O) groups excluding carboxylic acids is 1. The molecule has 1 unspecified atom stereocenters. The van der Waals surface area contributed by atoms with Crippen molar-refractivity contribution in [3.05, 3.63) is 0 Å². The van der Waals surface area contributed by atoms with Gasteiger partial charge in [0.1, 0.15) is 6.29 Å². The Hall–Kier alpha value is -0.590. The molecule has 4 nitrogen and oxygen atoms in total. The Bertz CT molecular complexity index is 233. The first-order valence-corrected chi connectivity index (χ1v) is 5.77. The Morgan fingerprint density at radius 3 is 2.76 bits per heavy atom. The van der Waals surface area contributed by atoms with Gasteiger partial charge in [-0.1, -0.05) is 0 Å². The van der Waals surface area contributed by atoms with E-state index in [1.165, 1.54) is 4.90 Å². The summed E-state index contributed by atoms with van der Waals surface area (Å²) in [6, 6.07) is 0. The van der Waals surface area contributed by atoms with Crippen LogP contribution in [0.4, 0.5) is 8.78 Å². The van der Waals surface area contributed by atoms with Crippen molar-refractivity contribution in [1.82, 2.24) is 4.90 Å². The largest absolute Gasteiger partial charge is 0.395 e. The van der Waals surface area contributed by atoms with Crippen LogP contribution in [0.2, 0.25) is 0 Å². The third kappa shape index (κ3) is 4.65. The van der Waals surface area contributed by atoms with Crippen LogP contribution in [0.15, 0.2) is 0 Å². The Kier molecular flexibility index (Phi) is 5.94. The summed E-state index contributed by atoms with van der Waals surface area (Å²) in [5.74, 6) is 0. The van der Waals surface area contributed by atoms with Gasteiger partial charge in [-0.25, -0.2) is 8.78 Å². The lowest BCUT2D eigenvalue weighted by molar-refractivity contribution is -0.126. The second-order valence-electron chi connectivity index (χ2n) is 4.49. The molecular weight excluding hydrogens is 232 g/mol. The lowest BCUT2D eigenvalue weighted by atomic mass is 9.83. The zero-order chi connectivity index (χ0) is 12.7. The van der Waals surface area contributed by atoms with E-state index in [1.807, 2.05) is 0 Å². The smallest absolute Gasteiger partial charge is 0.251 e. The maximum absolute atomic E-state index is 12.3. The Morgan fingerprint density at radius 1 is 1.53 bits per heavy atom. The maximum atomic E-state index is 12.3. The number of aliphatic hydroxyl groups is 1. The van der Waals surface area contributed by atoms with Crippen molar-refractivity contribution in [2.24, 2.45) is 5.41 Å². The quantitative estimate of drug-likeness (QED) is 0.671. The Labute approximate surface area is 99.5 Å². The zero-order valence-electron chi connectivity index (χ0n) is 9.78. The Morgan fingerprint density at radius 2 is 2.29 bits per heavy atom. The summed E-state index contributed by atoms with van der Waals surface area (Å²) in [6.45, 7) is 0.659. The van der Waals surface area contributed by atoms with Crippen LogP contribution in [0.5, 0.6) is 0 Å². The monoisotopic (exact) mass is 251 g/mol. The van der Waals surface area contributed by atoms with Crippen LogP contribution in [-0.4, -0.2) is 62.2 Å². The average molecular weight is 251 g/mol. The molecule has 1 aliphatic heterocycles. The van der Waals surface area contributed by atoms with Crippen LogP contribution in [0.3, 0.4) is 0 Å². The summed E-state index contributed by atoms with van der Waals surface area (Å²) >= 11 is 0. The molecule has 100 valence electrons. The Balaban J connectivity index is 2.58. The molecule has 1 heterocycles. The van der Waals surface area contributed by atoms with Gasteiger partial charge in [-0.2, -0.15) is 0 Å². The van der Waals surface area contributed by atoms with Crippen molar-refractivity contribution in [2.75, 3.05) is 39.5 Å². The minimum absolute atomic E-state index is 0.153. The standard InChI is InChI=1S/C11H19F2NO3/c12-10(13)6-14(3-4-15)7-11(8-16)2-1-5-17-9-11/h8,10,15H,1-7,9H2. The van der Waals surface area contributed by atoms with Gasteiger partial charge in [0.2, 0.25) is 0 Å². The fourth-order valence-corrected chi connectivity index (χ4v) is 2.15. The highest BCUT2D eigenvalue weighted by atomic mass is 19.3. The molecule has 1 aliphatic rings. The second kappa shape index (κ2) is 6.98. The van der Waals surface area contributed by atoms with Crippen LogP contribution in [0, 0.1) is 5.41 Å². The summed E-state index contributed by atoms with van der Waals surface area (Å²) < 4.78 is 29.9. The number of aldehydes is 1. The number of hydrogen-bond acceptors (Lipinski definition) is 4. The van der Waals surface area contributed by atoms with Crippen LogP contribution < -0.4 is 0 Å². The van der Waals surface area contributed by atoms with Gasteiger partial charge in [0.25, 0.3) is 6.43 Å². The highest BCUT2D eigenvalue weighted by molar-refractivity contribution is 5.60. The number of halogens is 2. The van der Waals surface area contributed by atoms with E-state index >= 15 is 0 Å². The molecule has 0 aromatic carbocycles. The number of hydrogen-bond donors (Lipinski definition) is 1. The molecule has 0 bridgehead atoms. The van der Waals surface area contributed by atoms with Gasteiger partial charge in [-0.15, -0.1) is 0 Å². The molecule has 6 heteroatoms. The van der Waals surface area contributed by atoms with E-state index in [9.17, 15) is 13.6 Å². The average Bonchev–Trinajstić information content (AvgIpc) is 2.29. The first-order chi connectivity index (χ1) is 8.12. The summed E-state index contributed by atoms with van der Waals surface area (Å²) in [5.41, 5.74) is -0.692. The van der Waals surface area contributed by atoms with Crippen molar-refractivity contribution >= 4 is 6.29 Å². The maximum Gasteiger partial charge on any atom is 0.251 e. The van der Waals surface area contributed by atoms with Crippen LogP contribution >= 0.6 is 0 Å². The van der Waals surface area contributed by atoms with Gasteiger partial charge in [-0.05, 0) is 12.8 Å². The van der Waals surface area contributed by atoms with E-state index in [0.29, 0.717) is 13.0 Å². The highest BCUT2D eigenvalue weighted by Crippen LogP contribution is 2.27. The van der Waals surface area contributed by atoms with Gasteiger partial charge < -0.3 is 14.6 Å². The van der Waals surface area contributed by atoms with Crippen molar-refractivity contribution in [3.8, 4) is 0 Å². The van der Waals surface area contributed by atoms with E-state index in [1.54, 1.807) is 0 Å². The molecule has 1 rings (SSSR count). The molecule has 0 saturated carbocycles. The molecule has 1 atom stereocenters. The minimum Gasteiger partial charge on any atom is -0.395 e. The summed E-state index contributed by atoms with van der Waals surface area (Å²) in [7, 11) is 0. The molecule has 0 radical (unpaired) electrons. The molecule has 1 fully saturated rings. The van der Waals surface area contributed by atoms with E-state index in [4.69, 9.17) is 9.84 Å². The number of ether oxygens (including phenoxy) is 1. The van der Waals surface area contributed by atoms with Crippen LogP contribution in [0.25, 0.3) is 0 Å². The predicted octanol–water partition coefficient (Wildman–Crippen LogP) is 0.541. The SMILES string of the molecule is O=CC1(CN(CCO)CC(F)F)CCCOC1. The molecule has 0 aromatic rings. The fraction of sp³-hybridized carbons (Fsp3) is 0.909. The normalized spacial score (nSPS) is 25.5. The summed E-state index contributed by atoms with van der Waals surface area (Å²) in [6.07, 6.45) is -0.237. The van der Waals surface area contributed by atoms with Crippen molar-refractivity contribution in [3.63, 3.8) is 0 Å². The highest BCUT2D eigenvalue weighted by Gasteiger charge is 2.35. The molecule has 0 aromatic heterocycles. The lowest BCUT2D eigenvalue weighted by Crippen LogP contribution is -2.46. The molecule has 1 N–H and O–H groups in total. The first kappa shape index (κ1) is 14.5. The van der Waals surface area contributed by atoms with E-state index in [2.05, 4.69) is 0 Å². The molecule has 0 aliphatic carbocycles. The molecule has 1 saturated heterocycles. The number of nitrogens with zero attached hydrogens (tertiary/aromatic N) is 1.